The second-order valence-electron chi connectivity index (χ2n) is 8.32. The normalized spacial score (nSPS) is 25.0. The predicted molar refractivity (Wildman–Crippen MR) is 110 cm³/mol. The van der Waals surface area contributed by atoms with Crippen LogP contribution in [0.1, 0.15) is 62.0 Å². The van der Waals surface area contributed by atoms with Crippen LogP contribution >= 0.6 is 0 Å². The van der Waals surface area contributed by atoms with Gasteiger partial charge >= 0.3 is 0 Å². The lowest BCUT2D eigenvalue weighted by Gasteiger charge is -2.25. The first kappa shape index (κ1) is 17.3. The molecule has 1 heterocycles. The van der Waals surface area contributed by atoms with Crippen molar-refractivity contribution in [3.05, 3.63) is 64.8 Å². The zero-order valence-electron chi connectivity index (χ0n) is 16.8. The molecule has 2 heteroatoms. The Kier molecular flexibility index (Phi) is 4.17. The third-order valence-electron chi connectivity index (χ3n) is 6.58. The van der Waals surface area contributed by atoms with Gasteiger partial charge in [0.05, 0.1) is 5.69 Å². The molecule has 0 amide bonds. The van der Waals surface area contributed by atoms with Gasteiger partial charge in [-0.1, -0.05) is 43.7 Å². The van der Waals surface area contributed by atoms with Gasteiger partial charge in [0.2, 0.25) is 0 Å². The number of benzene rings is 1. The molecule has 2 atom stereocenters. The van der Waals surface area contributed by atoms with E-state index in [0.717, 1.165) is 24.6 Å². The van der Waals surface area contributed by atoms with Crippen LogP contribution in [0, 0.1) is 32.1 Å². The largest absolute Gasteiger partial charge is 0.300 e. The fourth-order valence-electron chi connectivity index (χ4n) is 5.17. The van der Waals surface area contributed by atoms with Crippen LogP contribution in [0.5, 0.6) is 0 Å². The Hall–Kier alpha value is -2.09. The molecule has 2 nitrogen and oxygen atoms in total. The molecule has 0 N–H and O–H groups in total. The van der Waals surface area contributed by atoms with Crippen molar-refractivity contribution in [2.45, 2.75) is 60.3 Å². The molecule has 0 spiro atoms. The number of hydrogen-bond acceptors (Lipinski definition) is 1. The number of imidazole rings is 1. The monoisotopic (exact) mass is 346 g/mol. The number of nitrogens with zero attached hydrogens (tertiary/aromatic N) is 2. The third-order valence-corrected chi connectivity index (χ3v) is 6.58. The molecule has 136 valence electrons. The highest BCUT2D eigenvalue weighted by atomic mass is 15.1. The van der Waals surface area contributed by atoms with Gasteiger partial charge < -0.3 is 0 Å². The molecule has 1 saturated carbocycles. The van der Waals surface area contributed by atoms with E-state index >= 15 is 0 Å². The van der Waals surface area contributed by atoms with Gasteiger partial charge in [-0.25, -0.2) is 4.98 Å². The Morgan fingerprint density at radius 1 is 1.19 bits per heavy atom. The Balaban J connectivity index is 1.90. The summed E-state index contributed by atoms with van der Waals surface area (Å²) in [7, 11) is 0. The summed E-state index contributed by atoms with van der Waals surface area (Å²) in [6, 6.07) is 4.55. The Morgan fingerprint density at radius 2 is 1.88 bits per heavy atom. The van der Waals surface area contributed by atoms with E-state index in [2.05, 4.69) is 69.7 Å². The predicted octanol–water partition coefficient (Wildman–Crippen LogP) is 6.34. The van der Waals surface area contributed by atoms with E-state index in [1.54, 1.807) is 5.57 Å². The number of allylic oxidation sites excluding steroid dienone is 4. The first-order valence-corrected chi connectivity index (χ1v) is 10.00. The van der Waals surface area contributed by atoms with Crippen molar-refractivity contribution < 1.29 is 0 Å². The highest BCUT2D eigenvalue weighted by Crippen LogP contribution is 2.62. The molecule has 2 aromatic rings. The number of aromatic nitrogens is 2. The van der Waals surface area contributed by atoms with Crippen LogP contribution in [0.15, 0.2) is 42.3 Å². The molecule has 1 fully saturated rings. The molecule has 1 aromatic heterocycles. The average molecular weight is 347 g/mol. The van der Waals surface area contributed by atoms with Crippen LogP contribution in [-0.2, 0) is 0 Å². The third kappa shape index (κ3) is 2.58. The van der Waals surface area contributed by atoms with E-state index in [1.807, 2.05) is 6.20 Å². The summed E-state index contributed by atoms with van der Waals surface area (Å²) >= 11 is 0. The molecular weight excluding hydrogens is 316 g/mol. The summed E-state index contributed by atoms with van der Waals surface area (Å²) in [6.07, 6.45) is 13.6. The number of hydrogen-bond donors (Lipinski definition) is 0. The first-order chi connectivity index (χ1) is 12.5. The van der Waals surface area contributed by atoms with Crippen molar-refractivity contribution >= 4 is 5.57 Å². The Labute approximate surface area is 157 Å². The van der Waals surface area contributed by atoms with Gasteiger partial charge in [-0.15, -0.1) is 0 Å². The maximum absolute atomic E-state index is 4.84. The van der Waals surface area contributed by atoms with Crippen LogP contribution in [0.2, 0.25) is 0 Å². The molecule has 0 radical (unpaired) electrons. The van der Waals surface area contributed by atoms with E-state index in [-0.39, 0.29) is 0 Å². The van der Waals surface area contributed by atoms with Crippen LogP contribution < -0.4 is 0 Å². The quantitative estimate of drug-likeness (QED) is 0.632. The lowest BCUT2D eigenvalue weighted by atomic mass is 9.82. The molecule has 4 rings (SSSR count). The van der Waals surface area contributed by atoms with Gasteiger partial charge in [0.15, 0.2) is 0 Å². The van der Waals surface area contributed by atoms with Crippen LogP contribution in [0.3, 0.4) is 0 Å². The smallest absolute Gasteiger partial charge is 0.140 e. The van der Waals surface area contributed by atoms with Crippen LogP contribution in [0.4, 0.5) is 0 Å². The summed E-state index contributed by atoms with van der Waals surface area (Å²) in [4.78, 5) is 4.84. The molecule has 0 bridgehead atoms. The van der Waals surface area contributed by atoms with Crippen LogP contribution in [0.25, 0.3) is 11.3 Å². The van der Waals surface area contributed by atoms with Crippen molar-refractivity contribution in [2.75, 3.05) is 0 Å². The summed E-state index contributed by atoms with van der Waals surface area (Å²) in [5, 5.41) is 0. The summed E-state index contributed by atoms with van der Waals surface area (Å²) < 4.78 is 2.33. The molecule has 0 aliphatic heterocycles. The maximum Gasteiger partial charge on any atom is 0.140 e. The molecule has 2 aliphatic rings. The SMILES string of the molecule is CCC1(C2=C(c3nccn3-c3c(C)cc(C)cc3C)CCC=C2)C[C@@H]1C. The minimum atomic E-state index is 0.375. The van der Waals surface area contributed by atoms with Gasteiger partial charge in [-0.2, -0.15) is 0 Å². The van der Waals surface area contributed by atoms with Gasteiger partial charge in [0.1, 0.15) is 5.82 Å². The van der Waals surface area contributed by atoms with Gasteiger partial charge in [0.25, 0.3) is 0 Å². The number of aryl methyl sites for hydroxylation is 3. The zero-order valence-corrected chi connectivity index (χ0v) is 16.8. The fourth-order valence-corrected chi connectivity index (χ4v) is 5.17. The summed E-state index contributed by atoms with van der Waals surface area (Å²) in [6.45, 7) is 11.3. The fraction of sp³-hybridized carbons (Fsp3) is 0.458. The molecule has 1 aromatic carbocycles. The summed E-state index contributed by atoms with van der Waals surface area (Å²) in [5.41, 5.74) is 8.64. The highest BCUT2D eigenvalue weighted by Gasteiger charge is 2.52. The van der Waals surface area contributed by atoms with E-state index in [9.17, 15) is 0 Å². The number of rotatable bonds is 4. The van der Waals surface area contributed by atoms with E-state index in [0.29, 0.717) is 5.41 Å². The standard InChI is InChI=1S/C24H30N2/c1-6-24(15-19(24)5)21-10-8-7-9-20(21)23-25-11-12-26(23)22-17(3)13-16(2)14-18(22)4/h8,10-14,19H,6-7,9,15H2,1-5H3/t19-,24?/m0/s1. The molecular formula is C24H30N2. The topological polar surface area (TPSA) is 17.8 Å². The summed E-state index contributed by atoms with van der Waals surface area (Å²) in [5.74, 6) is 1.93. The molecule has 0 saturated heterocycles. The van der Waals surface area contributed by atoms with Crippen molar-refractivity contribution in [1.82, 2.24) is 9.55 Å². The Bertz CT molecular complexity index is 885. The van der Waals surface area contributed by atoms with E-state index < -0.39 is 0 Å². The average Bonchev–Trinajstić information content (AvgIpc) is 3.05. The van der Waals surface area contributed by atoms with Gasteiger partial charge in [-0.05, 0) is 80.1 Å². The lowest BCUT2D eigenvalue weighted by molar-refractivity contribution is 0.542. The highest BCUT2D eigenvalue weighted by molar-refractivity contribution is 5.72. The van der Waals surface area contributed by atoms with Crippen molar-refractivity contribution in [3.63, 3.8) is 0 Å². The minimum Gasteiger partial charge on any atom is -0.300 e. The zero-order chi connectivity index (χ0) is 18.5. The Morgan fingerprint density at radius 3 is 2.50 bits per heavy atom. The van der Waals surface area contributed by atoms with Gasteiger partial charge in [-0.3, -0.25) is 4.57 Å². The molecule has 1 unspecified atom stereocenters. The van der Waals surface area contributed by atoms with E-state index in [4.69, 9.17) is 4.98 Å². The van der Waals surface area contributed by atoms with Crippen molar-refractivity contribution in [2.24, 2.45) is 11.3 Å². The second kappa shape index (κ2) is 6.26. The maximum atomic E-state index is 4.84. The van der Waals surface area contributed by atoms with Gasteiger partial charge in [0, 0.05) is 12.4 Å². The van der Waals surface area contributed by atoms with Crippen molar-refractivity contribution in [1.29, 1.82) is 0 Å². The minimum absolute atomic E-state index is 0.375. The van der Waals surface area contributed by atoms with E-state index in [1.165, 1.54) is 40.8 Å². The van der Waals surface area contributed by atoms with Crippen LogP contribution in [-0.4, -0.2) is 9.55 Å². The second-order valence-corrected chi connectivity index (χ2v) is 8.32. The molecule has 2 aliphatic carbocycles. The lowest BCUT2D eigenvalue weighted by Crippen LogP contribution is -2.13. The first-order valence-electron chi connectivity index (χ1n) is 10.00. The molecule has 26 heavy (non-hydrogen) atoms. The van der Waals surface area contributed by atoms with Crippen molar-refractivity contribution in [3.8, 4) is 5.69 Å².